The fourth-order valence-corrected chi connectivity index (χ4v) is 6.81. The summed E-state index contributed by atoms with van der Waals surface area (Å²) in [6, 6.07) is 12.8. The Morgan fingerprint density at radius 2 is 1.70 bits per heavy atom. The van der Waals surface area contributed by atoms with Gasteiger partial charge in [-0.25, -0.2) is 0 Å². The molecule has 1 aromatic carbocycles. The molecule has 23 heavy (non-hydrogen) atoms. The Morgan fingerprint density at radius 1 is 1.09 bits per heavy atom. The van der Waals surface area contributed by atoms with E-state index < -0.39 is 32.1 Å². The van der Waals surface area contributed by atoms with E-state index in [9.17, 15) is 10.2 Å². The fraction of sp³-hybridized carbons (Fsp3) is 0.647. The molecule has 1 aliphatic heterocycles. The first-order chi connectivity index (χ1) is 11.0. The van der Waals surface area contributed by atoms with E-state index in [1.807, 2.05) is 30.3 Å². The molecular weight excluding hydrogens is 328 g/mol. The summed E-state index contributed by atoms with van der Waals surface area (Å²) in [5.74, 6) is 0. The second-order valence-corrected chi connectivity index (χ2v) is 11.9. The first-order valence-electron chi connectivity index (χ1n) is 8.42. The van der Waals surface area contributed by atoms with E-state index in [2.05, 4.69) is 20.8 Å². The Kier molecular flexibility index (Phi) is 7.12. The van der Waals surface area contributed by atoms with Gasteiger partial charge in [-0.2, -0.15) is 0 Å². The van der Waals surface area contributed by atoms with Crippen molar-refractivity contribution in [2.45, 2.75) is 67.5 Å². The lowest BCUT2D eigenvalue weighted by molar-refractivity contribution is -0.156. The molecule has 6 heteroatoms. The first kappa shape index (κ1) is 19.0. The van der Waals surface area contributed by atoms with Crippen molar-refractivity contribution in [3.8, 4) is 0 Å². The third-order valence-electron chi connectivity index (χ3n) is 4.76. The highest BCUT2D eigenvalue weighted by molar-refractivity contribution is 7.99. The third kappa shape index (κ3) is 4.58. The van der Waals surface area contributed by atoms with Crippen LogP contribution in [0.4, 0.5) is 0 Å². The lowest BCUT2D eigenvalue weighted by atomic mass is 10.1. The van der Waals surface area contributed by atoms with E-state index in [1.165, 1.54) is 11.8 Å². The Morgan fingerprint density at radius 3 is 2.26 bits per heavy atom. The highest BCUT2D eigenvalue weighted by Gasteiger charge is 2.43. The van der Waals surface area contributed by atoms with E-state index in [0.717, 1.165) is 23.0 Å². The molecule has 130 valence electrons. The summed E-state index contributed by atoms with van der Waals surface area (Å²) in [6.07, 6.45) is -2.28. The Labute approximate surface area is 144 Å². The van der Waals surface area contributed by atoms with Crippen molar-refractivity contribution < 1.29 is 19.4 Å². The van der Waals surface area contributed by atoms with Crippen LogP contribution in [0.1, 0.15) is 20.8 Å². The maximum absolute atomic E-state index is 10.5. The summed E-state index contributed by atoms with van der Waals surface area (Å²) in [6.45, 7) is 6.79. The molecule has 4 atom stereocenters. The van der Waals surface area contributed by atoms with Gasteiger partial charge in [-0.15, -0.1) is 0 Å². The Balaban J connectivity index is 1.99. The number of rotatable bonds is 7. The van der Waals surface area contributed by atoms with Gasteiger partial charge < -0.3 is 19.4 Å². The highest BCUT2D eigenvalue weighted by Crippen LogP contribution is 2.33. The molecule has 2 rings (SSSR count). The largest absolute Gasteiger partial charge is 0.409 e. The normalized spacial score (nSPS) is 28.7. The molecule has 1 aromatic rings. The van der Waals surface area contributed by atoms with Crippen LogP contribution < -0.4 is 0 Å². The smallest absolute Gasteiger partial charge is 0.192 e. The van der Waals surface area contributed by atoms with Gasteiger partial charge in [0.05, 0.1) is 12.7 Å². The molecule has 0 aliphatic carbocycles. The highest BCUT2D eigenvalue weighted by atomic mass is 32.2. The Hall–Kier alpha value is -0.373. The van der Waals surface area contributed by atoms with E-state index >= 15 is 0 Å². The average molecular weight is 357 g/mol. The lowest BCUT2D eigenvalue weighted by Crippen LogP contribution is -2.56. The van der Waals surface area contributed by atoms with Crippen molar-refractivity contribution in [1.29, 1.82) is 0 Å². The molecule has 1 heterocycles. The number of ether oxygens (including phenoxy) is 1. The van der Waals surface area contributed by atoms with Crippen LogP contribution in [-0.4, -0.2) is 48.9 Å². The topological polar surface area (TPSA) is 58.9 Å². The van der Waals surface area contributed by atoms with Crippen LogP contribution in [0.25, 0.3) is 0 Å². The summed E-state index contributed by atoms with van der Waals surface area (Å²) in [4.78, 5) is 1.02. The minimum atomic E-state index is -1.83. The van der Waals surface area contributed by atoms with Crippen molar-refractivity contribution >= 4 is 20.1 Å². The molecular formula is C17H28O4SSi. The molecule has 0 spiro atoms. The van der Waals surface area contributed by atoms with Crippen LogP contribution in [0.3, 0.4) is 0 Å². The van der Waals surface area contributed by atoms with Gasteiger partial charge in [-0.05, 0) is 30.3 Å². The maximum atomic E-state index is 10.5. The predicted octanol–water partition coefficient (Wildman–Crippen LogP) is 3.25. The first-order valence-corrected chi connectivity index (χ1v) is 11.8. The fourth-order valence-electron chi connectivity index (χ4n) is 2.93. The van der Waals surface area contributed by atoms with Crippen molar-refractivity contribution in [3.63, 3.8) is 0 Å². The number of hydrogen-bond acceptors (Lipinski definition) is 5. The molecule has 0 radical (unpaired) electrons. The number of hydrogen-bond donors (Lipinski definition) is 2. The van der Waals surface area contributed by atoms with Gasteiger partial charge in [-0.1, -0.05) is 50.7 Å². The minimum Gasteiger partial charge on any atom is -0.409 e. The third-order valence-corrected chi connectivity index (χ3v) is 10.6. The molecule has 1 aliphatic rings. The molecule has 1 saturated heterocycles. The summed E-state index contributed by atoms with van der Waals surface area (Å²) >= 11 is 1.44. The van der Waals surface area contributed by atoms with Crippen LogP contribution in [0.5, 0.6) is 0 Å². The predicted molar refractivity (Wildman–Crippen MR) is 96.1 cm³/mol. The van der Waals surface area contributed by atoms with Crippen LogP contribution in [0, 0.1) is 0 Å². The van der Waals surface area contributed by atoms with Gasteiger partial charge in [0.2, 0.25) is 0 Å². The molecule has 4 nitrogen and oxygen atoms in total. The molecule has 1 fully saturated rings. The number of thioether (sulfide) groups is 1. The van der Waals surface area contributed by atoms with Crippen LogP contribution in [0.2, 0.25) is 18.1 Å². The van der Waals surface area contributed by atoms with E-state index in [4.69, 9.17) is 9.16 Å². The molecule has 0 saturated carbocycles. The standard InChI is InChI=1S/C17H28O4SSi/c1-4-23(5-2,6-3)21-14-12-20-17(16(19)15(14)18)22-13-10-8-7-9-11-13/h7-11,14-19H,4-6,12H2,1-3H3/t14-,15-,16+,17-/m0/s1. The van der Waals surface area contributed by atoms with Crippen LogP contribution >= 0.6 is 11.8 Å². The van der Waals surface area contributed by atoms with Gasteiger partial charge in [0.15, 0.2) is 8.32 Å². The van der Waals surface area contributed by atoms with E-state index in [-0.39, 0.29) is 0 Å². The van der Waals surface area contributed by atoms with Gasteiger partial charge in [0, 0.05) is 4.90 Å². The second-order valence-electron chi connectivity index (χ2n) is 6.01. The molecule has 0 amide bonds. The summed E-state index contributed by atoms with van der Waals surface area (Å²) in [5, 5.41) is 20.9. The number of benzene rings is 1. The number of aliphatic hydroxyl groups is 2. The maximum Gasteiger partial charge on any atom is 0.192 e. The number of aliphatic hydroxyl groups excluding tert-OH is 2. The molecule has 2 N–H and O–H groups in total. The van der Waals surface area contributed by atoms with Crippen molar-refractivity contribution in [3.05, 3.63) is 30.3 Å². The van der Waals surface area contributed by atoms with Crippen LogP contribution in [0.15, 0.2) is 35.2 Å². The van der Waals surface area contributed by atoms with Crippen molar-refractivity contribution in [1.82, 2.24) is 0 Å². The van der Waals surface area contributed by atoms with Crippen molar-refractivity contribution in [2.75, 3.05) is 6.61 Å². The van der Waals surface area contributed by atoms with Gasteiger partial charge in [0.1, 0.15) is 17.6 Å². The average Bonchev–Trinajstić information content (AvgIpc) is 2.60. The zero-order valence-corrected chi connectivity index (χ0v) is 16.0. The van der Waals surface area contributed by atoms with Crippen molar-refractivity contribution in [2.24, 2.45) is 0 Å². The summed E-state index contributed by atoms with van der Waals surface area (Å²) in [5.41, 5.74) is -0.465. The second kappa shape index (κ2) is 8.64. The SMILES string of the molecule is CC[Si](CC)(CC)O[C@H]1CO[C@@H](Sc2ccccc2)[C@H](O)[C@H]1O. The van der Waals surface area contributed by atoms with E-state index in [1.54, 1.807) is 0 Å². The van der Waals surface area contributed by atoms with E-state index in [0.29, 0.717) is 6.61 Å². The van der Waals surface area contributed by atoms with Gasteiger partial charge in [-0.3, -0.25) is 0 Å². The zero-order valence-electron chi connectivity index (χ0n) is 14.1. The van der Waals surface area contributed by atoms with Crippen LogP contribution in [-0.2, 0) is 9.16 Å². The Bertz CT molecular complexity index is 461. The zero-order chi connectivity index (χ0) is 16.9. The lowest BCUT2D eigenvalue weighted by Gasteiger charge is -2.41. The summed E-state index contributed by atoms with van der Waals surface area (Å²) in [7, 11) is -1.83. The quantitative estimate of drug-likeness (QED) is 0.735. The molecule has 0 unspecified atom stereocenters. The molecule has 0 bridgehead atoms. The molecule has 0 aromatic heterocycles. The van der Waals surface area contributed by atoms with Gasteiger partial charge >= 0.3 is 0 Å². The monoisotopic (exact) mass is 356 g/mol. The van der Waals surface area contributed by atoms with Gasteiger partial charge in [0.25, 0.3) is 0 Å². The summed E-state index contributed by atoms with van der Waals surface area (Å²) < 4.78 is 12.1. The minimum absolute atomic E-state index is 0.331.